The van der Waals surface area contributed by atoms with Crippen molar-refractivity contribution in [2.45, 2.75) is 0 Å². The Labute approximate surface area is 116 Å². The number of hydrogen-bond acceptors (Lipinski definition) is 5. The Bertz CT molecular complexity index is 561. The molecule has 2 heterocycles. The number of anilines is 2. The zero-order valence-corrected chi connectivity index (χ0v) is 10.9. The standard InChI is InChI=1S/C13H15N5O2/c19-12(18-5-7-20-8-6-18)10-1-3-11(4-2-10)16-13-14-9-15-17-13/h1-4,9H,5-8H2,(H2,14,15,16,17). The van der Waals surface area contributed by atoms with Crippen LogP contribution in [0.15, 0.2) is 30.6 Å². The number of carbonyl (C=O) groups is 1. The van der Waals surface area contributed by atoms with Crippen LogP contribution in [0.25, 0.3) is 0 Å². The van der Waals surface area contributed by atoms with Gasteiger partial charge in [0.05, 0.1) is 13.2 Å². The van der Waals surface area contributed by atoms with Gasteiger partial charge in [-0.2, -0.15) is 10.1 Å². The molecule has 7 heteroatoms. The summed E-state index contributed by atoms with van der Waals surface area (Å²) in [6.07, 6.45) is 1.43. The van der Waals surface area contributed by atoms with E-state index < -0.39 is 0 Å². The number of amides is 1. The van der Waals surface area contributed by atoms with Crippen molar-refractivity contribution in [3.8, 4) is 0 Å². The van der Waals surface area contributed by atoms with Crippen LogP contribution < -0.4 is 5.32 Å². The van der Waals surface area contributed by atoms with Gasteiger partial charge < -0.3 is 15.0 Å². The van der Waals surface area contributed by atoms with E-state index in [9.17, 15) is 4.79 Å². The van der Waals surface area contributed by atoms with Gasteiger partial charge in [-0.25, -0.2) is 5.10 Å². The Hall–Kier alpha value is -2.41. The van der Waals surface area contributed by atoms with E-state index in [1.165, 1.54) is 6.33 Å². The van der Waals surface area contributed by atoms with Crippen LogP contribution in [0.2, 0.25) is 0 Å². The van der Waals surface area contributed by atoms with Crippen molar-refractivity contribution in [3.63, 3.8) is 0 Å². The van der Waals surface area contributed by atoms with E-state index in [1.807, 2.05) is 17.0 Å². The highest BCUT2D eigenvalue weighted by Gasteiger charge is 2.18. The van der Waals surface area contributed by atoms with Crippen LogP contribution in [-0.4, -0.2) is 52.3 Å². The van der Waals surface area contributed by atoms with Crippen molar-refractivity contribution < 1.29 is 9.53 Å². The fourth-order valence-electron chi connectivity index (χ4n) is 2.05. The van der Waals surface area contributed by atoms with Gasteiger partial charge in [0.2, 0.25) is 5.95 Å². The third-order valence-electron chi connectivity index (χ3n) is 3.11. The summed E-state index contributed by atoms with van der Waals surface area (Å²) in [5.41, 5.74) is 1.52. The monoisotopic (exact) mass is 273 g/mol. The molecule has 0 unspecified atom stereocenters. The molecule has 0 aliphatic carbocycles. The summed E-state index contributed by atoms with van der Waals surface area (Å²) in [4.78, 5) is 18.0. The third kappa shape index (κ3) is 2.77. The second kappa shape index (κ2) is 5.70. The van der Waals surface area contributed by atoms with Crippen molar-refractivity contribution >= 4 is 17.5 Å². The molecule has 0 spiro atoms. The van der Waals surface area contributed by atoms with Crippen molar-refractivity contribution in [2.24, 2.45) is 0 Å². The van der Waals surface area contributed by atoms with Crippen molar-refractivity contribution in [2.75, 3.05) is 31.6 Å². The lowest BCUT2D eigenvalue weighted by Crippen LogP contribution is -2.40. The number of carbonyl (C=O) groups excluding carboxylic acids is 1. The number of ether oxygens (including phenoxy) is 1. The molecule has 0 radical (unpaired) electrons. The van der Waals surface area contributed by atoms with Gasteiger partial charge in [-0.3, -0.25) is 4.79 Å². The highest BCUT2D eigenvalue weighted by molar-refractivity contribution is 5.94. The molecule has 0 saturated carbocycles. The van der Waals surface area contributed by atoms with Crippen LogP contribution in [0.5, 0.6) is 0 Å². The number of benzene rings is 1. The SMILES string of the molecule is O=C(c1ccc(Nc2ncn[nH]2)cc1)N1CCOCC1. The highest BCUT2D eigenvalue weighted by atomic mass is 16.5. The first kappa shape index (κ1) is 12.6. The summed E-state index contributed by atoms with van der Waals surface area (Å²) < 4.78 is 5.24. The first-order valence-corrected chi connectivity index (χ1v) is 6.42. The van der Waals surface area contributed by atoms with Crippen molar-refractivity contribution in [1.29, 1.82) is 0 Å². The Morgan fingerprint density at radius 2 is 2.00 bits per heavy atom. The lowest BCUT2D eigenvalue weighted by molar-refractivity contribution is 0.0303. The van der Waals surface area contributed by atoms with E-state index in [4.69, 9.17) is 4.74 Å². The molecule has 20 heavy (non-hydrogen) atoms. The summed E-state index contributed by atoms with van der Waals surface area (Å²) >= 11 is 0. The molecular weight excluding hydrogens is 258 g/mol. The van der Waals surface area contributed by atoms with E-state index in [2.05, 4.69) is 20.5 Å². The van der Waals surface area contributed by atoms with E-state index >= 15 is 0 Å². The summed E-state index contributed by atoms with van der Waals surface area (Å²) in [5.74, 6) is 0.608. The van der Waals surface area contributed by atoms with Gasteiger partial charge in [-0.15, -0.1) is 0 Å². The van der Waals surface area contributed by atoms with Gasteiger partial charge >= 0.3 is 0 Å². The summed E-state index contributed by atoms with van der Waals surface area (Å²) in [5, 5.41) is 9.52. The Kier molecular flexibility index (Phi) is 3.60. The molecule has 104 valence electrons. The number of nitrogens with zero attached hydrogens (tertiary/aromatic N) is 3. The number of H-pyrrole nitrogens is 1. The van der Waals surface area contributed by atoms with Gasteiger partial charge in [-0.05, 0) is 24.3 Å². The Morgan fingerprint density at radius 1 is 1.25 bits per heavy atom. The topological polar surface area (TPSA) is 83.1 Å². The molecule has 3 rings (SSSR count). The molecule has 1 aromatic heterocycles. The van der Waals surface area contributed by atoms with Gasteiger partial charge in [0.25, 0.3) is 5.91 Å². The highest BCUT2D eigenvalue weighted by Crippen LogP contribution is 2.15. The van der Waals surface area contributed by atoms with Crippen molar-refractivity contribution in [3.05, 3.63) is 36.2 Å². The second-order valence-corrected chi connectivity index (χ2v) is 4.44. The number of aromatic nitrogens is 3. The zero-order valence-electron chi connectivity index (χ0n) is 10.9. The maximum absolute atomic E-state index is 12.2. The summed E-state index contributed by atoms with van der Waals surface area (Å²) in [7, 11) is 0. The quantitative estimate of drug-likeness (QED) is 0.872. The maximum Gasteiger partial charge on any atom is 0.254 e. The molecule has 0 atom stereocenters. The molecule has 7 nitrogen and oxygen atoms in total. The fraction of sp³-hybridized carbons (Fsp3) is 0.308. The van der Waals surface area contributed by atoms with Gasteiger partial charge in [0.1, 0.15) is 6.33 Å². The summed E-state index contributed by atoms with van der Waals surface area (Å²) in [6.45, 7) is 2.52. The third-order valence-corrected chi connectivity index (χ3v) is 3.11. The molecule has 2 aromatic rings. The average molecular weight is 273 g/mol. The van der Waals surface area contributed by atoms with E-state index in [-0.39, 0.29) is 5.91 Å². The number of hydrogen-bond donors (Lipinski definition) is 2. The van der Waals surface area contributed by atoms with Crippen LogP contribution in [0.1, 0.15) is 10.4 Å². The Morgan fingerprint density at radius 3 is 2.65 bits per heavy atom. The van der Waals surface area contributed by atoms with Crippen LogP contribution in [0, 0.1) is 0 Å². The van der Waals surface area contributed by atoms with Crippen LogP contribution in [0.4, 0.5) is 11.6 Å². The lowest BCUT2D eigenvalue weighted by Gasteiger charge is -2.26. The number of nitrogens with one attached hydrogen (secondary N) is 2. The first-order valence-electron chi connectivity index (χ1n) is 6.42. The van der Waals surface area contributed by atoms with Crippen LogP contribution in [0.3, 0.4) is 0 Å². The lowest BCUT2D eigenvalue weighted by atomic mass is 10.1. The van der Waals surface area contributed by atoms with E-state index in [0.29, 0.717) is 37.8 Å². The Balaban J connectivity index is 1.67. The maximum atomic E-state index is 12.2. The van der Waals surface area contributed by atoms with Gasteiger partial charge in [0.15, 0.2) is 0 Å². The molecule has 1 saturated heterocycles. The molecule has 2 N–H and O–H groups in total. The zero-order chi connectivity index (χ0) is 13.8. The molecule has 1 aromatic carbocycles. The molecule has 1 aliphatic heterocycles. The largest absolute Gasteiger partial charge is 0.378 e. The molecule has 1 aliphatic rings. The van der Waals surface area contributed by atoms with Gasteiger partial charge in [0, 0.05) is 24.3 Å². The number of rotatable bonds is 3. The predicted octanol–water partition coefficient (Wildman–Crippen LogP) is 1.02. The molecule has 1 amide bonds. The molecule has 1 fully saturated rings. The van der Waals surface area contributed by atoms with E-state index in [0.717, 1.165) is 5.69 Å². The smallest absolute Gasteiger partial charge is 0.254 e. The van der Waals surface area contributed by atoms with E-state index in [1.54, 1.807) is 12.1 Å². The number of morpholine rings is 1. The fourth-order valence-corrected chi connectivity index (χ4v) is 2.05. The summed E-state index contributed by atoms with van der Waals surface area (Å²) in [6, 6.07) is 7.29. The minimum Gasteiger partial charge on any atom is -0.378 e. The first-order chi connectivity index (χ1) is 9.83. The normalized spacial score (nSPS) is 15.1. The minimum atomic E-state index is 0.0412. The van der Waals surface area contributed by atoms with Gasteiger partial charge in [-0.1, -0.05) is 0 Å². The van der Waals surface area contributed by atoms with Crippen LogP contribution in [-0.2, 0) is 4.74 Å². The average Bonchev–Trinajstić information content (AvgIpc) is 3.01. The van der Waals surface area contributed by atoms with Crippen molar-refractivity contribution in [1.82, 2.24) is 20.1 Å². The molecule has 0 bridgehead atoms. The number of aromatic amines is 1. The molecular formula is C13H15N5O2. The second-order valence-electron chi connectivity index (χ2n) is 4.44. The predicted molar refractivity (Wildman–Crippen MR) is 72.8 cm³/mol. The minimum absolute atomic E-state index is 0.0412. The van der Waals surface area contributed by atoms with Crippen LogP contribution >= 0.6 is 0 Å².